The number of nitrogens with zero attached hydrogens (tertiary/aromatic N) is 1. The molecule has 0 saturated carbocycles. The van der Waals surface area contributed by atoms with Gasteiger partial charge in [0.05, 0.1) is 0 Å². The number of fused-ring (bicyclic) bond motifs is 1. The standard InChI is InChI=1S/C16H24N2/c1-3-5-8-11-18-13-14(12-17-4-2)15-9-6-7-10-16(15)18/h6-7,9-10,13,17H,3-5,8,11-12H2,1-2H3. The van der Waals surface area contributed by atoms with Crippen LogP contribution in [0.5, 0.6) is 0 Å². The van der Waals surface area contributed by atoms with Crippen LogP contribution in [0.2, 0.25) is 0 Å². The number of nitrogens with one attached hydrogen (secondary N) is 1. The third-order valence-corrected chi connectivity index (χ3v) is 3.44. The SMILES string of the molecule is CCCCCn1cc(CNCC)c2ccccc21. The molecule has 0 unspecified atom stereocenters. The molecule has 1 aromatic heterocycles. The van der Waals surface area contributed by atoms with E-state index in [0.29, 0.717) is 0 Å². The van der Waals surface area contributed by atoms with Gasteiger partial charge in [-0.15, -0.1) is 0 Å². The molecule has 0 aliphatic rings. The van der Waals surface area contributed by atoms with Crippen LogP contribution in [-0.2, 0) is 13.1 Å². The van der Waals surface area contributed by atoms with Crippen LogP contribution in [0, 0.1) is 0 Å². The fourth-order valence-electron chi connectivity index (χ4n) is 2.44. The normalized spacial score (nSPS) is 11.2. The summed E-state index contributed by atoms with van der Waals surface area (Å²) in [5.41, 5.74) is 2.80. The van der Waals surface area contributed by atoms with Crippen LogP contribution < -0.4 is 5.32 Å². The van der Waals surface area contributed by atoms with Crippen LogP contribution in [0.1, 0.15) is 38.7 Å². The number of hydrogen-bond donors (Lipinski definition) is 1. The van der Waals surface area contributed by atoms with E-state index in [4.69, 9.17) is 0 Å². The summed E-state index contributed by atoms with van der Waals surface area (Å²) in [5, 5.41) is 4.82. The molecule has 18 heavy (non-hydrogen) atoms. The Morgan fingerprint density at radius 1 is 1.11 bits per heavy atom. The minimum absolute atomic E-state index is 0.970. The van der Waals surface area contributed by atoms with Crippen LogP contribution in [0.3, 0.4) is 0 Å². The first-order chi connectivity index (χ1) is 8.86. The zero-order valence-corrected chi connectivity index (χ0v) is 11.6. The summed E-state index contributed by atoms with van der Waals surface area (Å²) in [6.45, 7) is 7.54. The zero-order chi connectivity index (χ0) is 12.8. The van der Waals surface area contributed by atoms with Gasteiger partial charge < -0.3 is 9.88 Å². The van der Waals surface area contributed by atoms with Gasteiger partial charge in [0.15, 0.2) is 0 Å². The van der Waals surface area contributed by atoms with Gasteiger partial charge in [0.2, 0.25) is 0 Å². The molecule has 2 nitrogen and oxygen atoms in total. The number of aryl methyl sites for hydroxylation is 1. The molecule has 0 spiro atoms. The quantitative estimate of drug-likeness (QED) is 0.730. The molecular formula is C16H24N2. The van der Waals surface area contributed by atoms with Gasteiger partial charge in [-0.3, -0.25) is 0 Å². The lowest BCUT2D eigenvalue weighted by Gasteiger charge is -2.03. The van der Waals surface area contributed by atoms with Gasteiger partial charge in [0.25, 0.3) is 0 Å². The summed E-state index contributed by atoms with van der Waals surface area (Å²) in [6.07, 6.45) is 6.19. The largest absolute Gasteiger partial charge is 0.347 e. The fourth-order valence-corrected chi connectivity index (χ4v) is 2.44. The van der Waals surface area contributed by atoms with E-state index in [1.54, 1.807) is 0 Å². The maximum Gasteiger partial charge on any atom is 0.0483 e. The maximum absolute atomic E-state index is 3.42. The number of benzene rings is 1. The average molecular weight is 244 g/mol. The Morgan fingerprint density at radius 3 is 2.72 bits per heavy atom. The second kappa shape index (κ2) is 6.60. The Morgan fingerprint density at radius 2 is 1.94 bits per heavy atom. The fraction of sp³-hybridized carbons (Fsp3) is 0.500. The predicted octanol–water partition coefficient (Wildman–Crippen LogP) is 3.94. The molecule has 0 aliphatic carbocycles. The maximum atomic E-state index is 3.42. The first-order valence-corrected chi connectivity index (χ1v) is 7.14. The molecule has 0 bridgehead atoms. The van der Waals surface area contributed by atoms with E-state index < -0.39 is 0 Å². The molecule has 1 aromatic carbocycles. The molecular weight excluding hydrogens is 220 g/mol. The third kappa shape index (κ3) is 2.94. The van der Waals surface area contributed by atoms with Crippen molar-refractivity contribution in [1.29, 1.82) is 0 Å². The molecule has 0 radical (unpaired) electrons. The topological polar surface area (TPSA) is 17.0 Å². The van der Waals surface area contributed by atoms with Gasteiger partial charge in [-0.2, -0.15) is 0 Å². The molecule has 0 aliphatic heterocycles. The molecule has 1 N–H and O–H groups in total. The van der Waals surface area contributed by atoms with Crippen molar-refractivity contribution in [1.82, 2.24) is 9.88 Å². The highest BCUT2D eigenvalue weighted by Gasteiger charge is 2.06. The van der Waals surface area contributed by atoms with Gasteiger partial charge in [0, 0.05) is 30.2 Å². The van der Waals surface area contributed by atoms with Gasteiger partial charge in [-0.25, -0.2) is 0 Å². The Kier molecular flexibility index (Phi) is 4.82. The van der Waals surface area contributed by atoms with E-state index in [0.717, 1.165) is 19.6 Å². The van der Waals surface area contributed by atoms with E-state index in [9.17, 15) is 0 Å². The molecule has 98 valence electrons. The lowest BCUT2D eigenvalue weighted by Crippen LogP contribution is -2.11. The first-order valence-electron chi connectivity index (χ1n) is 7.14. The second-order valence-electron chi connectivity index (χ2n) is 4.85. The molecule has 2 aromatic rings. The Hall–Kier alpha value is -1.28. The second-order valence-corrected chi connectivity index (χ2v) is 4.85. The number of aromatic nitrogens is 1. The first kappa shape index (κ1) is 13.2. The lowest BCUT2D eigenvalue weighted by molar-refractivity contribution is 0.613. The van der Waals surface area contributed by atoms with E-state index in [2.05, 4.69) is 54.2 Å². The molecule has 0 amide bonds. The van der Waals surface area contributed by atoms with Crippen molar-refractivity contribution >= 4 is 10.9 Å². The van der Waals surface area contributed by atoms with Crippen molar-refractivity contribution in [2.75, 3.05) is 6.54 Å². The lowest BCUT2D eigenvalue weighted by atomic mass is 10.2. The molecule has 2 heteroatoms. The van der Waals surface area contributed by atoms with E-state index in [1.807, 2.05) is 0 Å². The van der Waals surface area contributed by atoms with Crippen molar-refractivity contribution in [3.05, 3.63) is 36.0 Å². The van der Waals surface area contributed by atoms with Gasteiger partial charge in [0.1, 0.15) is 0 Å². The average Bonchev–Trinajstić information content (AvgIpc) is 2.76. The van der Waals surface area contributed by atoms with E-state index in [1.165, 1.54) is 35.7 Å². The Balaban J connectivity index is 2.23. The highest BCUT2D eigenvalue weighted by Crippen LogP contribution is 2.21. The van der Waals surface area contributed by atoms with Crippen molar-refractivity contribution in [2.24, 2.45) is 0 Å². The number of hydrogen-bond acceptors (Lipinski definition) is 1. The predicted molar refractivity (Wildman–Crippen MR) is 78.8 cm³/mol. The Bertz CT molecular complexity index is 485. The van der Waals surface area contributed by atoms with E-state index in [-0.39, 0.29) is 0 Å². The summed E-state index contributed by atoms with van der Waals surface area (Å²) in [5.74, 6) is 0. The minimum atomic E-state index is 0.970. The number of para-hydroxylation sites is 1. The highest BCUT2D eigenvalue weighted by atomic mass is 15.0. The molecule has 0 saturated heterocycles. The van der Waals surface area contributed by atoms with Crippen LogP contribution in [0.25, 0.3) is 10.9 Å². The highest BCUT2D eigenvalue weighted by molar-refractivity contribution is 5.83. The summed E-state index contributed by atoms with van der Waals surface area (Å²) in [4.78, 5) is 0. The monoisotopic (exact) mass is 244 g/mol. The van der Waals surface area contributed by atoms with Gasteiger partial charge >= 0.3 is 0 Å². The Labute approximate surface area is 110 Å². The molecule has 0 atom stereocenters. The van der Waals surface area contributed by atoms with E-state index >= 15 is 0 Å². The van der Waals surface area contributed by atoms with Crippen LogP contribution in [0.15, 0.2) is 30.5 Å². The molecule has 1 heterocycles. The van der Waals surface area contributed by atoms with Gasteiger partial charge in [-0.05, 0) is 24.6 Å². The van der Waals surface area contributed by atoms with Gasteiger partial charge in [-0.1, -0.05) is 44.9 Å². The smallest absolute Gasteiger partial charge is 0.0483 e. The third-order valence-electron chi connectivity index (χ3n) is 3.44. The number of unbranched alkanes of at least 4 members (excludes halogenated alkanes) is 2. The summed E-state index contributed by atoms with van der Waals surface area (Å²) in [7, 11) is 0. The molecule has 2 rings (SSSR count). The van der Waals surface area contributed by atoms with Crippen LogP contribution in [0.4, 0.5) is 0 Å². The van der Waals surface area contributed by atoms with Crippen molar-refractivity contribution in [3.63, 3.8) is 0 Å². The van der Waals surface area contributed by atoms with Crippen LogP contribution in [-0.4, -0.2) is 11.1 Å². The van der Waals surface area contributed by atoms with Crippen molar-refractivity contribution in [3.8, 4) is 0 Å². The minimum Gasteiger partial charge on any atom is -0.347 e. The summed E-state index contributed by atoms with van der Waals surface area (Å²) in [6, 6.07) is 8.74. The summed E-state index contributed by atoms with van der Waals surface area (Å²) >= 11 is 0. The summed E-state index contributed by atoms with van der Waals surface area (Å²) < 4.78 is 2.41. The number of rotatable bonds is 7. The van der Waals surface area contributed by atoms with Crippen molar-refractivity contribution in [2.45, 2.75) is 46.2 Å². The molecule has 0 fully saturated rings. The van der Waals surface area contributed by atoms with Crippen molar-refractivity contribution < 1.29 is 0 Å². The zero-order valence-electron chi connectivity index (χ0n) is 11.6. The van der Waals surface area contributed by atoms with Crippen LogP contribution >= 0.6 is 0 Å².